The van der Waals surface area contributed by atoms with Crippen molar-refractivity contribution in [1.82, 2.24) is 16.0 Å². The van der Waals surface area contributed by atoms with E-state index in [9.17, 15) is 24.0 Å². The van der Waals surface area contributed by atoms with E-state index in [0.717, 1.165) is 5.56 Å². The lowest BCUT2D eigenvalue weighted by Gasteiger charge is -2.20. The summed E-state index contributed by atoms with van der Waals surface area (Å²) in [7, 11) is 0. The number of carbonyl (C=O) groups is 5. The largest absolute Gasteiger partial charge is 0.480 e. The number of hydrogen-bond donors (Lipinski definition) is 6. The zero-order valence-electron chi connectivity index (χ0n) is 15.9. The molecule has 0 radical (unpaired) electrons. The highest BCUT2D eigenvalue weighted by Gasteiger charge is 2.25. The Hall–Kier alpha value is -3.47. The fourth-order valence-corrected chi connectivity index (χ4v) is 2.29. The van der Waals surface area contributed by atoms with Crippen LogP contribution in [0.2, 0.25) is 0 Å². The Morgan fingerprint density at radius 1 is 1.03 bits per heavy atom. The number of carboxylic acids is 1. The smallest absolute Gasteiger partial charge is 0.325 e. The van der Waals surface area contributed by atoms with Crippen molar-refractivity contribution in [3.05, 3.63) is 35.9 Å². The van der Waals surface area contributed by atoms with Gasteiger partial charge in [-0.05, 0) is 12.5 Å². The van der Waals surface area contributed by atoms with Gasteiger partial charge < -0.3 is 32.5 Å². The molecule has 0 spiro atoms. The summed E-state index contributed by atoms with van der Waals surface area (Å²) >= 11 is 0. The number of carbonyl (C=O) groups excluding carboxylic acids is 4. The van der Waals surface area contributed by atoms with E-state index in [1.165, 1.54) is 6.92 Å². The molecule has 3 atom stereocenters. The van der Waals surface area contributed by atoms with Gasteiger partial charge in [0.05, 0.1) is 19.0 Å². The lowest BCUT2D eigenvalue weighted by Crippen LogP contribution is -2.54. The standard InChI is InChI=1S/C18H25N5O6/c1-10(18(28)29)22-15(25)9-21-17(27)13(7-11-5-3-2-4-6-11)23-16(26)12(19)8-14(20)24/h2-6,10,12-13H,7-9,19H2,1H3,(H2,20,24)(H,21,27)(H,22,25)(H,23,26)(H,28,29). The summed E-state index contributed by atoms with van der Waals surface area (Å²) in [6.07, 6.45) is -0.282. The van der Waals surface area contributed by atoms with E-state index in [0.29, 0.717) is 0 Å². The molecule has 11 heteroatoms. The predicted octanol–water partition coefficient (Wildman–Crippen LogP) is -2.38. The van der Waals surface area contributed by atoms with Crippen molar-refractivity contribution in [2.75, 3.05) is 6.54 Å². The summed E-state index contributed by atoms with van der Waals surface area (Å²) in [5, 5.41) is 15.8. The maximum absolute atomic E-state index is 12.5. The molecule has 0 heterocycles. The molecule has 0 aromatic heterocycles. The van der Waals surface area contributed by atoms with E-state index >= 15 is 0 Å². The van der Waals surface area contributed by atoms with Crippen molar-refractivity contribution >= 4 is 29.6 Å². The molecule has 0 fully saturated rings. The van der Waals surface area contributed by atoms with Crippen molar-refractivity contribution in [2.24, 2.45) is 11.5 Å². The number of hydrogen-bond acceptors (Lipinski definition) is 6. The minimum absolute atomic E-state index is 0.106. The minimum Gasteiger partial charge on any atom is -0.480 e. The van der Waals surface area contributed by atoms with Crippen molar-refractivity contribution in [3.63, 3.8) is 0 Å². The van der Waals surface area contributed by atoms with Crippen LogP contribution in [0.1, 0.15) is 18.9 Å². The van der Waals surface area contributed by atoms with Crippen LogP contribution in [0.4, 0.5) is 0 Å². The molecule has 0 aliphatic rings. The molecule has 0 bridgehead atoms. The highest BCUT2D eigenvalue weighted by atomic mass is 16.4. The first kappa shape index (κ1) is 23.6. The van der Waals surface area contributed by atoms with Crippen molar-refractivity contribution in [2.45, 2.75) is 37.9 Å². The zero-order chi connectivity index (χ0) is 22.0. The zero-order valence-corrected chi connectivity index (χ0v) is 15.9. The van der Waals surface area contributed by atoms with E-state index in [-0.39, 0.29) is 12.8 Å². The Morgan fingerprint density at radius 2 is 1.66 bits per heavy atom. The maximum Gasteiger partial charge on any atom is 0.325 e. The Labute approximate surface area is 167 Å². The molecule has 3 unspecified atom stereocenters. The third-order valence-electron chi connectivity index (χ3n) is 3.84. The van der Waals surface area contributed by atoms with Gasteiger partial charge in [0, 0.05) is 6.42 Å². The Balaban J connectivity index is 2.77. The summed E-state index contributed by atoms with van der Waals surface area (Å²) in [5.41, 5.74) is 11.4. The van der Waals surface area contributed by atoms with E-state index in [1.807, 2.05) is 0 Å². The summed E-state index contributed by atoms with van der Waals surface area (Å²) in [5.74, 6) is -4.11. The van der Waals surface area contributed by atoms with Crippen LogP contribution in [0.3, 0.4) is 0 Å². The number of rotatable bonds is 11. The van der Waals surface area contributed by atoms with E-state index < -0.39 is 54.3 Å². The molecule has 0 aliphatic carbocycles. The topological polar surface area (TPSA) is 194 Å². The van der Waals surface area contributed by atoms with Crippen LogP contribution in [0.25, 0.3) is 0 Å². The predicted molar refractivity (Wildman–Crippen MR) is 102 cm³/mol. The average Bonchev–Trinajstić information content (AvgIpc) is 2.65. The summed E-state index contributed by atoms with van der Waals surface area (Å²) < 4.78 is 0. The van der Waals surface area contributed by atoms with Crippen LogP contribution in [-0.4, -0.2) is 59.4 Å². The monoisotopic (exact) mass is 407 g/mol. The maximum atomic E-state index is 12.5. The molecule has 1 aromatic carbocycles. The van der Waals surface area contributed by atoms with Crippen molar-refractivity contribution in [1.29, 1.82) is 0 Å². The van der Waals surface area contributed by atoms with E-state index in [1.54, 1.807) is 30.3 Å². The molecule has 158 valence electrons. The summed E-state index contributed by atoms with van der Waals surface area (Å²) in [6, 6.07) is 5.37. The number of primary amides is 1. The fraction of sp³-hybridized carbons (Fsp3) is 0.389. The number of nitrogens with two attached hydrogens (primary N) is 2. The van der Waals surface area contributed by atoms with Crippen LogP contribution < -0.4 is 27.4 Å². The Morgan fingerprint density at radius 3 is 2.21 bits per heavy atom. The molecule has 11 nitrogen and oxygen atoms in total. The third kappa shape index (κ3) is 8.84. The second kappa shape index (κ2) is 11.4. The first-order valence-corrected chi connectivity index (χ1v) is 8.78. The fourth-order valence-electron chi connectivity index (χ4n) is 2.29. The van der Waals surface area contributed by atoms with Crippen LogP contribution in [0, 0.1) is 0 Å². The SMILES string of the molecule is CC(NC(=O)CNC(=O)C(Cc1ccccc1)NC(=O)C(N)CC(N)=O)C(=O)O. The van der Waals surface area contributed by atoms with Crippen LogP contribution >= 0.6 is 0 Å². The molecule has 0 saturated heterocycles. The first-order chi connectivity index (χ1) is 13.6. The van der Waals surface area contributed by atoms with Gasteiger partial charge in [-0.15, -0.1) is 0 Å². The van der Waals surface area contributed by atoms with Gasteiger partial charge in [0.1, 0.15) is 12.1 Å². The van der Waals surface area contributed by atoms with Crippen molar-refractivity contribution < 1.29 is 29.1 Å². The number of benzene rings is 1. The van der Waals surface area contributed by atoms with E-state index in [4.69, 9.17) is 16.6 Å². The van der Waals surface area contributed by atoms with Gasteiger partial charge in [-0.3, -0.25) is 24.0 Å². The average molecular weight is 407 g/mol. The van der Waals surface area contributed by atoms with E-state index in [2.05, 4.69) is 16.0 Å². The van der Waals surface area contributed by atoms with Gasteiger partial charge in [0.2, 0.25) is 23.6 Å². The lowest BCUT2D eigenvalue weighted by atomic mass is 10.0. The molecule has 1 aromatic rings. The Bertz CT molecular complexity index is 754. The number of aliphatic carboxylic acids is 1. The van der Waals surface area contributed by atoms with Gasteiger partial charge in [-0.2, -0.15) is 0 Å². The van der Waals surface area contributed by atoms with Gasteiger partial charge in [-0.1, -0.05) is 30.3 Å². The number of amides is 4. The number of nitrogens with one attached hydrogen (secondary N) is 3. The molecular formula is C18H25N5O6. The van der Waals surface area contributed by atoms with Crippen molar-refractivity contribution in [3.8, 4) is 0 Å². The summed E-state index contributed by atoms with van der Waals surface area (Å²) in [6.45, 7) is 0.797. The van der Waals surface area contributed by atoms with Crippen LogP contribution in [0.15, 0.2) is 30.3 Å². The quantitative estimate of drug-likeness (QED) is 0.236. The van der Waals surface area contributed by atoms with Crippen LogP contribution in [0.5, 0.6) is 0 Å². The number of carboxylic acid groups (broad SMARTS) is 1. The molecule has 8 N–H and O–H groups in total. The van der Waals surface area contributed by atoms with Gasteiger partial charge >= 0.3 is 5.97 Å². The second-order valence-corrected chi connectivity index (χ2v) is 6.37. The second-order valence-electron chi connectivity index (χ2n) is 6.37. The molecule has 4 amide bonds. The normalized spacial score (nSPS) is 13.4. The molecule has 29 heavy (non-hydrogen) atoms. The molecule has 1 rings (SSSR count). The molecule has 0 aliphatic heterocycles. The molecular weight excluding hydrogens is 382 g/mol. The Kier molecular flexibility index (Phi) is 9.26. The lowest BCUT2D eigenvalue weighted by molar-refractivity contribution is -0.141. The van der Waals surface area contributed by atoms with Gasteiger partial charge in [0.25, 0.3) is 0 Å². The minimum atomic E-state index is -1.22. The summed E-state index contributed by atoms with van der Waals surface area (Å²) in [4.78, 5) is 58.1. The first-order valence-electron chi connectivity index (χ1n) is 8.78. The highest BCUT2D eigenvalue weighted by molar-refractivity contribution is 5.94. The third-order valence-corrected chi connectivity index (χ3v) is 3.84. The highest BCUT2D eigenvalue weighted by Crippen LogP contribution is 2.04. The van der Waals surface area contributed by atoms with Gasteiger partial charge in [0.15, 0.2) is 0 Å². The molecule has 0 saturated carbocycles. The van der Waals surface area contributed by atoms with Crippen LogP contribution in [-0.2, 0) is 30.4 Å². The van der Waals surface area contributed by atoms with Gasteiger partial charge in [-0.25, -0.2) is 0 Å².